The monoisotopic (exact) mass is 654 g/mol. The van der Waals surface area contributed by atoms with Crippen molar-refractivity contribution in [3.05, 3.63) is 11.6 Å². The van der Waals surface area contributed by atoms with Crippen LogP contribution in [0.25, 0.3) is 0 Å². The highest BCUT2D eigenvalue weighted by Gasteiger charge is 2.74. The van der Waals surface area contributed by atoms with E-state index in [0.29, 0.717) is 25.7 Å². The standard InChI is InChI=1S/C36H62O10/c1-20(17-37)8-7-13-35(6,46-31-30(44)29(43)28(42)23(18-38)45-31)22-11-15-34(5)21(22)9-10-24-33(4)14-12-26(40)32(2,3)25(33)16-27(41)36(24,34)19-39/h8,21-31,37-44H,7,9-19H2,1-6H3/b20-8+/t21-,22+,23-,24-,25+,26+,27?,28-,29+,30-,31+,33-,34-,35+,36+/m1/s1. The lowest BCUT2D eigenvalue weighted by molar-refractivity contribution is -0.335. The predicted octanol–water partition coefficient (Wildman–Crippen LogP) is 2.27. The molecule has 1 aliphatic heterocycles. The molecule has 5 fully saturated rings. The Morgan fingerprint density at radius 2 is 1.57 bits per heavy atom. The van der Waals surface area contributed by atoms with E-state index in [9.17, 15) is 40.9 Å². The maximum Gasteiger partial charge on any atom is 0.187 e. The van der Waals surface area contributed by atoms with E-state index in [1.165, 1.54) is 0 Å². The lowest BCUT2D eigenvalue weighted by Crippen LogP contribution is -2.71. The van der Waals surface area contributed by atoms with Crippen LogP contribution in [0, 0.1) is 45.3 Å². The van der Waals surface area contributed by atoms with Crippen LogP contribution in [0.2, 0.25) is 0 Å². The highest BCUT2D eigenvalue weighted by atomic mass is 16.7. The summed E-state index contributed by atoms with van der Waals surface area (Å²) < 4.78 is 12.6. The Hall–Kier alpha value is -0.660. The first kappa shape index (κ1) is 36.6. The first-order valence-corrected chi connectivity index (χ1v) is 17.7. The quantitative estimate of drug-likeness (QED) is 0.172. The second-order valence-corrected chi connectivity index (χ2v) is 17.1. The molecular weight excluding hydrogens is 592 g/mol. The SMILES string of the molecule is C/C(=C\CC[C@](C)(O[C@@H]1O[C@H](CO)[C@@H](O)[C@H](O)[C@H]1O)[C@H]1CC[C@]2(C)[C@@H]1CC[C@@H]1[C@@]3(C)CC[C@H](O)C(C)(C)[C@@H]3CC(O)[C@]12CO)CO. The van der Waals surface area contributed by atoms with E-state index >= 15 is 0 Å². The van der Waals surface area contributed by atoms with Crippen molar-refractivity contribution in [1.82, 2.24) is 0 Å². The zero-order valence-electron chi connectivity index (χ0n) is 28.8. The van der Waals surface area contributed by atoms with Crippen molar-refractivity contribution in [3.63, 3.8) is 0 Å². The summed E-state index contributed by atoms with van der Waals surface area (Å²) in [5.74, 6) is 0.241. The molecule has 46 heavy (non-hydrogen) atoms. The highest BCUT2D eigenvalue weighted by Crippen LogP contribution is 2.76. The maximum absolute atomic E-state index is 12.2. The molecule has 8 N–H and O–H groups in total. The smallest absolute Gasteiger partial charge is 0.187 e. The van der Waals surface area contributed by atoms with Crippen LogP contribution in [-0.4, -0.2) is 109 Å². The molecule has 0 radical (unpaired) electrons. The highest BCUT2D eigenvalue weighted by molar-refractivity contribution is 5.22. The lowest BCUT2D eigenvalue weighted by Gasteiger charge is -2.71. The van der Waals surface area contributed by atoms with Crippen LogP contribution in [0.5, 0.6) is 0 Å². The molecular formula is C36H62O10. The number of fused-ring (bicyclic) bond motifs is 5. The number of rotatable bonds is 9. The molecule has 0 bridgehead atoms. The Labute approximate surface area is 274 Å². The fourth-order valence-corrected chi connectivity index (χ4v) is 12.0. The van der Waals surface area contributed by atoms with E-state index in [-0.39, 0.29) is 47.7 Å². The van der Waals surface area contributed by atoms with Crippen molar-refractivity contribution in [3.8, 4) is 0 Å². The number of hydrogen-bond donors (Lipinski definition) is 8. The van der Waals surface area contributed by atoms with Gasteiger partial charge in [-0.2, -0.15) is 0 Å². The van der Waals surface area contributed by atoms with Gasteiger partial charge in [0.25, 0.3) is 0 Å². The van der Waals surface area contributed by atoms with E-state index in [2.05, 4.69) is 27.7 Å². The molecule has 4 aliphatic carbocycles. The van der Waals surface area contributed by atoms with Crippen LogP contribution in [0.4, 0.5) is 0 Å². The largest absolute Gasteiger partial charge is 0.396 e. The van der Waals surface area contributed by atoms with Crippen LogP contribution in [0.1, 0.15) is 99.3 Å². The molecule has 0 spiro atoms. The van der Waals surface area contributed by atoms with Gasteiger partial charge in [-0.15, -0.1) is 0 Å². The fourth-order valence-electron chi connectivity index (χ4n) is 12.0. The summed E-state index contributed by atoms with van der Waals surface area (Å²) in [4.78, 5) is 0. The number of aliphatic hydroxyl groups is 8. The van der Waals surface area contributed by atoms with Gasteiger partial charge in [0.2, 0.25) is 0 Å². The van der Waals surface area contributed by atoms with Gasteiger partial charge >= 0.3 is 0 Å². The van der Waals surface area contributed by atoms with Crippen molar-refractivity contribution >= 4 is 0 Å². The Morgan fingerprint density at radius 3 is 2.20 bits per heavy atom. The molecule has 1 heterocycles. The molecule has 0 amide bonds. The van der Waals surface area contributed by atoms with Crippen LogP contribution in [-0.2, 0) is 9.47 Å². The molecule has 266 valence electrons. The van der Waals surface area contributed by atoms with Crippen LogP contribution in [0.3, 0.4) is 0 Å². The molecule has 1 saturated heterocycles. The first-order chi connectivity index (χ1) is 21.5. The summed E-state index contributed by atoms with van der Waals surface area (Å²) in [5, 5.41) is 86.1. The minimum Gasteiger partial charge on any atom is -0.396 e. The van der Waals surface area contributed by atoms with Crippen LogP contribution < -0.4 is 0 Å². The van der Waals surface area contributed by atoms with Crippen molar-refractivity contribution in [2.24, 2.45) is 45.3 Å². The molecule has 10 nitrogen and oxygen atoms in total. The molecule has 15 atom stereocenters. The Kier molecular flexibility index (Phi) is 10.3. The molecule has 10 heteroatoms. The molecule has 1 unspecified atom stereocenters. The van der Waals surface area contributed by atoms with Crippen molar-refractivity contribution in [2.75, 3.05) is 19.8 Å². The van der Waals surface area contributed by atoms with Gasteiger partial charge < -0.3 is 50.3 Å². The van der Waals surface area contributed by atoms with E-state index in [4.69, 9.17) is 9.47 Å². The van der Waals surface area contributed by atoms with Crippen LogP contribution in [0.15, 0.2) is 11.6 Å². The van der Waals surface area contributed by atoms with Gasteiger partial charge in [-0.1, -0.05) is 39.3 Å². The van der Waals surface area contributed by atoms with Gasteiger partial charge in [-0.3, -0.25) is 0 Å². The molecule has 4 saturated carbocycles. The molecule has 5 aliphatic rings. The van der Waals surface area contributed by atoms with Gasteiger partial charge in [-0.25, -0.2) is 0 Å². The Bertz CT molecular complexity index is 1110. The average molecular weight is 655 g/mol. The summed E-state index contributed by atoms with van der Waals surface area (Å²) in [6, 6.07) is 0. The third kappa shape index (κ3) is 5.37. The molecule has 5 rings (SSSR count). The second-order valence-electron chi connectivity index (χ2n) is 17.1. The van der Waals surface area contributed by atoms with Crippen molar-refractivity contribution in [1.29, 1.82) is 0 Å². The van der Waals surface area contributed by atoms with Gasteiger partial charge in [0, 0.05) is 5.41 Å². The van der Waals surface area contributed by atoms with Gasteiger partial charge in [0.1, 0.15) is 24.4 Å². The summed E-state index contributed by atoms with van der Waals surface area (Å²) >= 11 is 0. The van der Waals surface area contributed by atoms with Gasteiger partial charge in [-0.05, 0) is 112 Å². The fraction of sp³-hybridized carbons (Fsp3) is 0.944. The van der Waals surface area contributed by atoms with Gasteiger partial charge in [0.15, 0.2) is 6.29 Å². The van der Waals surface area contributed by atoms with E-state index in [0.717, 1.165) is 37.7 Å². The number of ether oxygens (including phenoxy) is 2. The Balaban J connectivity index is 1.51. The van der Waals surface area contributed by atoms with Crippen molar-refractivity contribution < 1.29 is 50.3 Å². The van der Waals surface area contributed by atoms with E-state index < -0.39 is 66.0 Å². The molecule has 0 aromatic rings. The summed E-state index contributed by atoms with van der Waals surface area (Å²) in [7, 11) is 0. The number of hydrogen-bond acceptors (Lipinski definition) is 10. The third-order valence-electron chi connectivity index (χ3n) is 14.8. The molecule has 0 aromatic carbocycles. The van der Waals surface area contributed by atoms with E-state index in [1.54, 1.807) is 0 Å². The number of aliphatic hydroxyl groups excluding tert-OH is 8. The normalized spacial score (nSPS) is 50.3. The average Bonchev–Trinajstić information content (AvgIpc) is 3.38. The zero-order chi connectivity index (χ0) is 34.0. The second kappa shape index (κ2) is 12.9. The summed E-state index contributed by atoms with van der Waals surface area (Å²) in [6.45, 7) is 12.0. The zero-order valence-corrected chi connectivity index (χ0v) is 28.8. The van der Waals surface area contributed by atoms with Crippen LogP contribution >= 0.6 is 0 Å². The lowest BCUT2D eigenvalue weighted by atomic mass is 9.34. The van der Waals surface area contributed by atoms with Gasteiger partial charge in [0.05, 0.1) is 37.6 Å². The molecule has 0 aromatic heterocycles. The first-order valence-electron chi connectivity index (χ1n) is 17.7. The third-order valence-corrected chi connectivity index (χ3v) is 14.8. The minimum atomic E-state index is -1.55. The van der Waals surface area contributed by atoms with Crippen molar-refractivity contribution in [2.45, 2.75) is 148 Å². The summed E-state index contributed by atoms with van der Waals surface area (Å²) in [5.41, 5.74) is -1.68. The maximum atomic E-state index is 12.2. The Morgan fingerprint density at radius 1 is 0.870 bits per heavy atom. The minimum absolute atomic E-state index is 0.0422. The number of allylic oxidation sites excluding steroid dienone is 1. The summed E-state index contributed by atoms with van der Waals surface area (Å²) in [6.07, 6.45) is 0.374. The predicted molar refractivity (Wildman–Crippen MR) is 171 cm³/mol. The van der Waals surface area contributed by atoms with E-state index in [1.807, 2.05) is 19.9 Å². The topological polar surface area (TPSA) is 180 Å².